The van der Waals surface area contributed by atoms with Gasteiger partial charge in [-0.1, -0.05) is 18.2 Å². The number of rotatable bonds is 7. The van der Waals surface area contributed by atoms with E-state index in [0.29, 0.717) is 26.3 Å². The molecule has 1 aromatic heterocycles. The van der Waals surface area contributed by atoms with E-state index in [9.17, 15) is 10.2 Å². The highest BCUT2D eigenvalue weighted by molar-refractivity contribution is 5.83. The number of fused-ring (bicyclic) bond motifs is 2. The van der Waals surface area contributed by atoms with Gasteiger partial charge in [0.2, 0.25) is 0 Å². The van der Waals surface area contributed by atoms with Crippen molar-refractivity contribution in [1.29, 1.82) is 0 Å². The van der Waals surface area contributed by atoms with Crippen LogP contribution in [0.5, 0.6) is 11.5 Å². The number of nitrogens with one attached hydrogen (secondary N) is 1. The van der Waals surface area contributed by atoms with Crippen LogP contribution in [0.2, 0.25) is 0 Å². The summed E-state index contributed by atoms with van der Waals surface area (Å²) in [4.78, 5) is 6.75. The average molecular weight is 464 g/mol. The molecule has 0 spiro atoms. The van der Waals surface area contributed by atoms with Crippen LogP contribution in [0.4, 0.5) is 0 Å². The molecule has 3 aromatic rings. The van der Waals surface area contributed by atoms with Gasteiger partial charge in [-0.2, -0.15) is 0 Å². The lowest BCUT2D eigenvalue weighted by molar-refractivity contribution is 0.0510. The summed E-state index contributed by atoms with van der Waals surface area (Å²) in [5.41, 5.74) is 4.03. The molecule has 0 bridgehead atoms. The van der Waals surface area contributed by atoms with E-state index in [-0.39, 0.29) is 18.6 Å². The number of aliphatic hydroxyl groups excluding tert-OH is 2. The zero-order valence-corrected chi connectivity index (χ0v) is 19.6. The molecule has 2 aliphatic heterocycles. The Kier molecular flexibility index (Phi) is 6.97. The van der Waals surface area contributed by atoms with Crippen LogP contribution in [0.3, 0.4) is 0 Å². The smallest absolute Gasteiger partial charge is 0.161 e. The molecule has 7 heteroatoms. The van der Waals surface area contributed by atoms with E-state index in [1.165, 1.54) is 0 Å². The molecule has 3 N–H and O–H groups in total. The van der Waals surface area contributed by atoms with Gasteiger partial charge in [-0.25, -0.2) is 0 Å². The van der Waals surface area contributed by atoms with Crippen molar-refractivity contribution in [1.82, 2.24) is 15.2 Å². The SMILES string of the molecule is Cc1cnc2cccc(C(O)CN3CCC(NCc4ccc5c(c4)OCCO5)C(CO)C3)c2c1. The number of nitrogens with zero attached hydrogens (tertiary/aromatic N) is 2. The molecular formula is C27H33N3O4. The van der Waals surface area contributed by atoms with Crippen LogP contribution in [0, 0.1) is 12.8 Å². The Morgan fingerprint density at radius 2 is 2.00 bits per heavy atom. The zero-order chi connectivity index (χ0) is 23.5. The van der Waals surface area contributed by atoms with Crippen LogP contribution in [0.25, 0.3) is 10.9 Å². The Balaban J connectivity index is 1.19. The summed E-state index contributed by atoms with van der Waals surface area (Å²) in [6.07, 6.45) is 2.17. The maximum atomic E-state index is 11.1. The monoisotopic (exact) mass is 463 g/mol. The van der Waals surface area contributed by atoms with Crippen LogP contribution in [-0.2, 0) is 6.54 Å². The highest BCUT2D eigenvalue weighted by Gasteiger charge is 2.30. The molecule has 7 nitrogen and oxygen atoms in total. The predicted octanol–water partition coefficient (Wildman–Crippen LogP) is 2.82. The summed E-state index contributed by atoms with van der Waals surface area (Å²) in [6.45, 7) is 6.17. The van der Waals surface area contributed by atoms with E-state index in [1.807, 2.05) is 43.5 Å². The van der Waals surface area contributed by atoms with Crippen LogP contribution < -0.4 is 14.8 Å². The van der Waals surface area contributed by atoms with E-state index in [1.54, 1.807) is 0 Å². The molecule has 3 atom stereocenters. The van der Waals surface area contributed by atoms with Gasteiger partial charge < -0.3 is 25.0 Å². The van der Waals surface area contributed by atoms with Gasteiger partial charge in [0.15, 0.2) is 11.5 Å². The molecule has 0 radical (unpaired) electrons. The number of piperidine rings is 1. The summed E-state index contributed by atoms with van der Waals surface area (Å²) in [5, 5.41) is 25.8. The van der Waals surface area contributed by atoms with Gasteiger partial charge in [-0.3, -0.25) is 9.88 Å². The van der Waals surface area contributed by atoms with Gasteiger partial charge in [0.25, 0.3) is 0 Å². The van der Waals surface area contributed by atoms with Crippen molar-refractivity contribution in [2.75, 3.05) is 39.5 Å². The molecule has 1 fully saturated rings. The minimum atomic E-state index is -0.603. The number of aryl methyl sites for hydroxylation is 1. The molecule has 0 amide bonds. The van der Waals surface area contributed by atoms with Crippen molar-refractivity contribution in [2.24, 2.45) is 5.92 Å². The number of aromatic nitrogens is 1. The third kappa shape index (κ3) is 5.03. The quantitative estimate of drug-likeness (QED) is 0.497. The lowest BCUT2D eigenvalue weighted by Gasteiger charge is -2.39. The third-order valence-electron chi connectivity index (χ3n) is 6.91. The molecule has 3 unspecified atom stereocenters. The largest absolute Gasteiger partial charge is 0.486 e. The number of likely N-dealkylation sites (tertiary alicyclic amines) is 1. The lowest BCUT2D eigenvalue weighted by atomic mass is 9.91. The molecule has 180 valence electrons. The Bertz CT molecular complexity index is 1140. The first kappa shape index (κ1) is 23.1. The first-order valence-electron chi connectivity index (χ1n) is 12.1. The average Bonchev–Trinajstić information content (AvgIpc) is 2.87. The number of benzene rings is 2. The fourth-order valence-corrected chi connectivity index (χ4v) is 5.08. The van der Waals surface area contributed by atoms with Crippen molar-refractivity contribution in [3.63, 3.8) is 0 Å². The topological polar surface area (TPSA) is 87.1 Å². The molecule has 2 aliphatic rings. The van der Waals surface area contributed by atoms with E-state index >= 15 is 0 Å². The number of ether oxygens (including phenoxy) is 2. The van der Waals surface area contributed by atoms with Crippen molar-refractivity contribution in [3.05, 3.63) is 65.4 Å². The number of hydrogen-bond acceptors (Lipinski definition) is 7. The summed E-state index contributed by atoms with van der Waals surface area (Å²) < 4.78 is 11.3. The summed E-state index contributed by atoms with van der Waals surface area (Å²) in [6, 6.07) is 14.3. The van der Waals surface area contributed by atoms with Crippen LogP contribution >= 0.6 is 0 Å². The van der Waals surface area contributed by atoms with E-state index in [0.717, 1.165) is 58.6 Å². The molecule has 0 aliphatic carbocycles. The highest BCUT2D eigenvalue weighted by Crippen LogP contribution is 2.31. The standard InChI is InChI=1S/C27H33N3O4/c1-18-11-22-21(3-2-4-24(22)28-13-18)25(32)16-30-8-7-23(20(15-30)17-31)29-14-19-5-6-26-27(12-19)34-10-9-33-26/h2-6,11-13,20,23,25,29,31-32H,7-10,14-17H2,1H3. The number of aliphatic hydroxyl groups is 2. The van der Waals surface area contributed by atoms with Gasteiger partial charge in [0.05, 0.1) is 11.6 Å². The number of pyridine rings is 1. The Morgan fingerprint density at radius 3 is 2.85 bits per heavy atom. The maximum absolute atomic E-state index is 11.1. The Labute approximate surface area is 200 Å². The van der Waals surface area contributed by atoms with E-state index < -0.39 is 6.10 Å². The maximum Gasteiger partial charge on any atom is 0.161 e. The van der Waals surface area contributed by atoms with E-state index in [4.69, 9.17) is 9.47 Å². The molecule has 0 saturated carbocycles. The lowest BCUT2D eigenvalue weighted by Crippen LogP contribution is -2.51. The second kappa shape index (κ2) is 10.3. The summed E-state index contributed by atoms with van der Waals surface area (Å²) in [5.74, 6) is 1.70. The van der Waals surface area contributed by atoms with Gasteiger partial charge in [-0.05, 0) is 60.8 Å². The molecule has 1 saturated heterocycles. The van der Waals surface area contributed by atoms with Crippen LogP contribution in [0.15, 0.2) is 48.7 Å². The third-order valence-corrected chi connectivity index (χ3v) is 6.91. The Morgan fingerprint density at radius 1 is 1.15 bits per heavy atom. The fourth-order valence-electron chi connectivity index (χ4n) is 5.08. The van der Waals surface area contributed by atoms with Crippen molar-refractivity contribution >= 4 is 10.9 Å². The van der Waals surface area contributed by atoms with Gasteiger partial charge in [0, 0.05) is 49.8 Å². The van der Waals surface area contributed by atoms with Crippen LogP contribution in [0.1, 0.15) is 29.2 Å². The zero-order valence-electron chi connectivity index (χ0n) is 19.6. The van der Waals surface area contributed by atoms with Gasteiger partial charge in [-0.15, -0.1) is 0 Å². The van der Waals surface area contributed by atoms with E-state index in [2.05, 4.69) is 27.3 Å². The summed E-state index contributed by atoms with van der Waals surface area (Å²) >= 11 is 0. The second-order valence-electron chi connectivity index (χ2n) is 9.40. The fraction of sp³-hybridized carbons (Fsp3) is 0.444. The second-order valence-corrected chi connectivity index (χ2v) is 9.40. The highest BCUT2D eigenvalue weighted by atomic mass is 16.6. The molecule has 34 heavy (non-hydrogen) atoms. The van der Waals surface area contributed by atoms with Crippen molar-refractivity contribution < 1.29 is 19.7 Å². The molecule has 5 rings (SSSR count). The molecule has 3 heterocycles. The molecular weight excluding hydrogens is 430 g/mol. The van der Waals surface area contributed by atoms with Gasteiger partial charge >= 0.3 is 0 Å². The minimum Gasteiger partial charge on any atom is -0.486 e. The first-order valence-corrected chi connectivity index (χ1v) is 12.1. The van der Waals surface area contributed by atoms with Gasteiger partial charge in [0.1, 0.15) is 13.2 Å². The first-order chi connectivity index (χ1) is 16.6. The number of hydrogen-bond donors (Lipinski definition) is 3. The summed E-state index contributed by atoms with van der Waals surface area (Å²) in [7, 11) is 0. The number of β-amino-alcohol motifs (C(OH)–C–C–N with tert-alkyl or cyclic N) is 1. The van der Waals surface area contributed by atoms with Crippen molar-refractivity contribution in [2.45, 2.75) is 32.0 Å². The Hall–Kier alpha value is -2.71. The predicted molar refractivity (Wildman–Crippen MR) is 131 cm³/mol. The normalized spacial score (nSPS) is 21.5. The molecule has 2 aromatic carbocycles. The van der Waals surface area contributed by atoms with Crippen molar-refractivity contribution in [3.8, 4) is 11.5 Å². The van der Waals surface area contributed by atoms with Crippen LogP contribution in [-0.4, -0.2) is 65.6 Å². The minimum absolute atomic E-state index is 0.106.